The van der Waals surface area contributed by atoms with Crippen LogP contribution >= 0.6 is 0 Å². The lowest BCUT2D eigenvalue weighted by Gasteiger charge is -2.43. The van der Waals surface area contributed by atoms with Gasteiger partial charge in [-0.3, -0.25) is 38.5 Å². The third-order valence-corrected chi connectivity index (χ3v) is 13.6. The van der Waals surface area contributed by atoms with Crippen molar-refractivity contribution >= 4 is 28.9 Å². The Balaban J connectivity index is 0.784. The second-order valence-corrected chi connectivity index (χ2v) is 17.4. The zero-order valence-corrected chi connectivity index (χ0v) is 34.3. The molecule has 4 fully saturated rings. The highest BCUT2D eigenvalue weighted by Crippen LogP contribution is 2.38. The van der Waals surface area contributed by atoms with Crippen LogP contribution in [-0.4, -0.2) is 121 Å². The van der Waals surface area contributed by atoms with Gasteiger partial charge in [0.05, 0.1) is 30.0 Å². The fraction of sp³-hybridized carbons (Fsp3) is 0.455. The minimum atomic E-state index is -4.67. The summed E-state index contributed by atoms with van der Waals surface area (Å²) >= 11 is 0. The molecule has 3 aromatic heterocycles. The van der Waals surface area contributed by atoms with Gasteiger partial charge in [0.15, 0.2) is 0 Å². The summed E-state index contributed by atoms with van der Waals surface area (Å²) in [6.07, 6.45) is 2.65. The van der Waals surface area contributed by atoms with Gasteiger partial charge >= 0.3 is 11.9 Å². The fourth-order valence-corrected chi connectivity index (χ4v) is 10.0. The largest absolute Gasteiger partial charge is 0.418 e. The number of nitrogens with one attached hydrogen (secondary N) is 1. The summed E-state index contributed by atoms with van der Waals surface area (Å²) in [5.41, 5.74) is 2.30. The number of alkyl halides is 3. The number of carbonyl (C=O) groups excluding carboxylic acids is 3. The summed E-state index contributed by atoms with van der Waals surface area (Å²) in [6.45, 7) is 6.28. The Bertz CT molecular complexity index is 2630. The number of ether oxygens (including phenoxy) is 1. The van der Waals surface area contributed by atoms with E-state index in [4.69, 9.17) is 4.74 Å². The number of hydrogen-bond acceptors (Lipinski definition) is 10. The number of piperidine rings is 2. The summed E-state index contributed by atoms with van der Waals surface area (Å²) in [7, 11) is 1.87. The second kappa shape index (κ2) is 15.5. The van der Waals surface area contributed by atoms with Crippen LogP contribution < -0.4 is 15.9 Å². The molecule has 0 spiro atoms. The maximum atomic E-state index is 14.7. The van der Waals surface area contributed by atoms with Crippen LogP contribution in [0.2, 0.25) is 0 Å². The number of aromatic nitrogens is 5. The number of rotatable bonds is 9. The SMILES string of the molecule is Cn1cnnc1CC1(c2cccc(-n3cc4c(C(F)(F)F)cc(CN5CCC(N6CCN(c7ccc8c(c7)CN(C7CCC(=O)NC7=O)C8=O)CC6)CC5)cn4c3=O)c2)COC1. The molecule has 10 rings (SSSR count). The first-order chi connectivity index (χ1) is 29.8. The summed E-state index contributed by atoms with van der Waals surface area (Å²) < 4.78 is 53.9. The molecule has 0 radical (unpaired) electrons. The van der Waals surface area contributed by atoms with Crippen LogP contribution in [0.5, 0.6) is 0 Å². The van der Waals surface area contributed by atoms with E-state index in [0.717, 1.165) is 79.1 Å². The zero-order valence-electron chi connectivity index (χ0n) is 34.3. The summed E-state index contributed by atoms with van der Waals surface area (Å²) in [4.78, 5) is 59.8. The van der Waals surface area contributed by atoms with E-state index < -0.39 is 34.8 Å². The predicted octanol–water partition coefficient (Wildman–Crippen LogP) is 3.30. The highest BCUT2D eigenvalue weighted by atomic mass is 19.4. The average Bonchev–Trinajstić information content (AvgIpc) is 3.92. The Hall–Kier alpha value is -5.85. The average molecular weight is 853 g/mol. The first kappa shape index (κ1) is 40.2. The molecule has 2 aromatic carbocycles. The molecule has 324 valence electrons. The van der Waals surface area contributed by atoms with Gasteiger partial charge in [0.1, 0.15) is 18.2 Å². The van der Waals surface area contributed by atoms with E-state index >= 15 is 0 Å². The quantitative estimate of drug-likeness (QED) is 0.220. The van der Waals surface area contributed by atoms with E-state index in [1.54, 1.807) is 23.5 Å². The number of hydrogen-bond donors (Lipinski definition) is 1. The van der Waals surface area contributed by atoms with Crippen molar-refractivity contribution in [2.45, 2.75) is 68.9 Å². The number of imide groups is 1. The molecule has 5 aliphatic rings. The predicted molar refractivity (Wildman–Crippen MR) is 220 cm³/mol. The van der Waals surface area contributed by atoms with Gasteiger partial charge in [-0.1, -0.05) is 12.1 Å². The number of likely N-dealkylation sites (tertiary alicyclic amines) is 1. The number of fused-ring (bicyclic) bond motifs is 2. The first-order valence-corrected chi connectivity index (χ1v) is 21.2. The molecule has 0 bridgehead atoms. The van der Waals surface area contributed by atoms with Crippen molar-refractivity contribution in [2.75, 3.05) is 57.4 Å². The van der Waals surface area contributed by atoms with Gasteiger partial charge in [-0.2, -0.15) is 13.2 Å². The molecule has 15 nitrogen and oxygen atoms in total. The van der Waals surface area contributed by atoms with Crippen molar-refractivity contribution in [3.63, 3.8) is 0 Å². The molecular weight excluding hydrogens is 806 g/mol. The minimum Gasteiger partial charge on any atom is -0.379 e. The third kappa shape index (κ3) is 7.26. The van der Waals surface area contributed by atoms with Crippen LogP contribution in [0.1, 0.15) is 64.1 Å². The Morgan fingerprint density at radius 1 is 0.903 bits per heavy atom. The molecule has 4 saturated heterocycles. The van der Waals surface area contributed by atoms with E-state index in [1.165, 1.54) is 16.8 Å². The van der Waals surface area contributed by atoms with Crippen molar-refractivity contribution in [3.8, 4) is 5.69 Å². The number of amides is 3. The van der Waals surface area contributed by atoms with Gasteiger partial charge in [-0.25, -0.2) is 4.79 Å². The van der Waals surface area contributed by atoms with Gasteiger partial charge in [0.25, 0.3) is 5.91 Å². The van der Waals surface area contributed by atoms with Crippen molar-refractivity contribution in [3.05, 3.63) is 111 Å². The number of imidazole rings is 1. The van der Waals surface area contributed by atoms with Gasteiger partial charge in [-0.15, -0.1) is 10.2 Å². The first-order valence-electron chi connectivity index (χ1n) is 21.2. The van der Waals surface area contributed by atoms with Crippen LogP contribution in [0.25, 0.3) is 11.2 Å². The Morgan fingerprint density at radius 3 is 2.39 bits per heavy atom. The molecule has 1 N–H and O–H groups in total. The normalized spacial score (nSPS) is 21.4. The molecule has 62 heavy (non-hydrogen) atoms. The molecule has 5 aromatic rings. The Kier molecular flexibility index (Phi) is 10.1. The number of benzene rings is 2. The van der Waals surface area contributed by atoms with Gasteiger partial charge in [-0.05, 0) is 85.4 Å². The zero-order chi connectivity index (χ0) is 42.9. The van der Waals surface area contributed by atoms with Crippen LogP contribution in [0.3, 0.4) is 0 Å². The van der Waals surface area contributed by atoms with Crippen LogP contribution in [0.4, 0.5) is 18.9 Å². The number of nitrogens with zero attached hydrogens (tertiary/aromatic N) is 9. The van der Waals surface area contributed by atoms with Crippen molar-refractivity contribution in [1.82, 2.24) is 43.7 Å². The topological polar surface area (TPSA) is 143 Å². The van der Waals surface area contributed by atoms with Crippen molar-refractivity contribution < 1.29 is 32.3 Å². The van der Waals surface area contributed by atoms with Crippen LogP contribution in [0, 0.1) is 0 Å². The summed E-state index contributed by atoms with van der Waals surface area (Å²) in [5.74, 6) is -0.137. The number of anilines is 1. The molecule has 1 atom stereocenters. The highest BCUT2D eigenvalue weighted by Gasteiger charge is 2.43. The molecule has 1 unspecified atom stereocenters. The number of piperazine rings is 1. The van der Waals surface area contributed by atoms with Gasteiger partial charge in [0, 0.05) is 94.3 Å². The lowest BCUT2D eigenvalue weighted by Crippen LogP contribution is -2.53. The minimum absolute atomic E-state index is 0.187. The van der Waals surface area contributed by atoms with Gasteiger partial charge in [0.2, 0.25) is 11.8 Å². The van der Waals surface area contributed by atoms with Crippen LogP contribution in [0.15, 0.2) is 72.0 Å². The van der Waals surface area contributed by atoms with E-state index in [1.807, 2.05) is 48.0 Å². The molecule has 3 amide bonds. The molecule has 18 heteroatoms. The van der Waals surface area contributed by atoms with E-state index in [9.17, 15) is 32.3 Å². The van der Waals surface area contributed by atoms with Crippen LogP contribution in [-0.2, 0) is 52.5 Å². The van der Waals surface area contributed by atoms with E-state index in [2.05, 4.69) is 30.2 Å². The second-order valence-electron chi connectivity index (χ2n) is 17.4. The maximum absolute atomic E-state index is 14.7. The highest BCUT2D eigenvalue weighted by molar-refractivity contribution is 6.05. The monoisotopic (exact) mass is 852 g/mol. The van der Waals surface area contributed by atoms with E-state index in [-0.39, 0.29) is 23.8 Å². The van der Waals surface area contributed by atoms with Crippen molar-refractivity contribution in [1.29, 1.82) is 0 Å². The number of halogens is 3. The molecule has 8 heterocycles. The smallest absolute Gasteiger partial charge is 0.379 e. The molecular formula is C44H47F3N10O5. The Morgan fingerprint density at radius 2 is 1.69 bits per heavy atom. The third-order valence-electron chi connectivity index (χ3n) is 13.6. The van der Waals surface area contributed by atoms with E-state index in [0.29, 0.717) is 62.0 Å². The number of carbonyl (C=O) groups is 3. The molecule has 0 aliphatic carbocycles. The van der Waals surface area contributed by atoms with Gasteiger partial charge < -0.3 is 19.1 Å². The lowest BCUT2D eigenvalue weighted by molar-refractivity contribution is -0.137. The lowest BCUT2D eigenvalue weighted by atomic mass is 9.75. The molecule has 0 saturated carbocycles. The number of aryl methyl sites for hydroxylation is 1. The number of pyridine rings is 1. The summed E-state index contributed by atoms with van der Waals surface area (Å²) in [6, 6.07) is 14.1. The van der Waals surface area contributed by atoms with Crippen molar-refractivity contribution in [2.24, 2.45) is 7.05 Å². The standard InChI is InChI=1S/C44H47F3N10O5/c1-51-27-48-50-38(51)20-43(25-62-26-43)30-3-2-4-33(19-30)55-24-37-35(44(45,46)47)17-28(22-57(37)42(55)61)21-52-11-9-31(10-12-52)53-13-15-54(16-14-53)32-5-6-34-29(18-32)23-56(41(34)60)36-7-8-39(58)49-40(36)59/h2-6,17-19,22,24,27,31,36H,7-16,20-21,23,25-26H2,1H3,(H,49,58,59). The Labute approximate surface area is 354 Å². The maximum Gasteiger partial charge on any atom is 0.418 e. The summed E-state index contributed by atoms with van der Waals surface area (Å²) in [5, 5.41) is 10.6. The fourth-order valence-electron chi connectivity index (χ4n) is 10.0. The molecule has 5 aliphatic heterocycles.